The van der Waals surface area contributed by atoms with Gasteiger partial charge >= 0.3 is 0 Å². The normalized spacial score (nSPS) is 12.5. The van der Waals surface area contributed by atoms with Crippen LogP contribution in [0.2, 0.25) is 5.02 Å². The van der Waals surface area contributed by atoms with E-state index in [2.05, 4.69) is 15.9 Å². The van der Waals surface area contributed by atoms with Crippen LogP contribution in [0, 0.1) is 10.1 Å². The van der Waals surface area contributed by atoms with Crippen molar-refractivity contribution in [1.82, 2.24) is 0 Å². The lowest BCUT2D eigenvalue weighted by Gasteiger charge is -2.29. The van der Waals surface area contributed by atoms with Gasteiger partial charge in [0.1, 0.15) is 6.04 Å². The molecule has 0 spiro atoms. The van der Waals surface area contributed by atoms with Crippen LogP contribution >= 0.6 is 39.1 Å². The Morgan fingerprint density at radius 3 is 2.46 bits per heavy atom. The third-order valence-corrected chi connectivity index (χ3v) is 6.40. The maximum atomic E-state index is 13.1. The van der Waals surface area contributed by atoms with E-state index in [1.165, 1.54) is 31.2 Å². The van der Waals surface area contributed by atoms with Crippen LogP contribution in [-0.2, 0) is 14.8 Å². The summed E-state index contributed by atoms with van der Waals surface area (Å²) in [6.45, 7) is 1.29. The van der Waals surface area contributed by atoms with Gasteiger partial charge in [0.15, 0.2) is 0 Å². The molecule has 1 unspecified atom stereocenters. The molecule has 0 radical (unpaired) electrons. The van der Waals surface area contributed by atoms with Crippen LogP contribution in [0.5, 0.6) is 0 Å². The van der Waals surface area contributed by atoms with E-state index in [1.807, 2.05) is 0 Å². The van der Waals surface area contributed by atoms with Crippen molar-refractivity contribution in [3.8, 4) is 0 Å². The molecule has 2 aromatic rings. The van der Waals surface area contributed by atoms with Gasteiger partial charge < -0.3 is 0 Å². The van der Waals surface area contributed by atoms with Crippen LogP contribution in [0.15, 0.2) is 51.8 Å². The first-order chi connectivity index (χ1) is 12.1. The molecule has 11 heteroatoms. The molecule has 1 atom stereocenters. The molecule has 0 amide bonds. The van der Waals surface area contributed by atoms with E-state index in [1.54, 1.807) is 6.07 Å². The number of benzene rings is 2. The second kappa shape index (κ2) is 7.91. The largest absolute Gasteiger partial charge is 0.279 e. The van der Waals surface area contributed by atoms with Gasteiger partial charge in [-0.1, -0.05) is 33.6 Å². The third-order valence-electron chi connectivity index (χ3n) is 3.41. The molecule has 0 aliphatic heterocycles. The minimum Gasteiger partial charge on any atom is -0.279 e. The van der Waals surface area contributed by atoms with E-state index in [-0.39, 0.29) is 15.6 Å². The summed E-state index contributed by atoms with van der Waals surface area (Å²) < 4.78 is 27.6. The molecule has 0 fully saturated rings. The minimum atomic E-state index is -4.37. The number of carbonyl (C=O) groups excluding carboxylic acids is 1. The fourth-order valence-electron chi connectivity index (χ4n) is 2.17. The first kappa shape index (κ1) is 20.6. The zero-order valence-corrected chi connectivity index (χ0v) is 17.0. The Hall–Kier alpha value is -1.68. The lowest BCUT2D eigenvalue weighted by molar-refractivity contribution is -0.385. The van der Waals surface area contributed by atoms with Crippen molar-refractivity contribution in [2.75, 3.05) is 4.31 Å². The van der Waals surface area contributed by atoms with Gasteiger partial charge in [0.05, 0.1) is 20.5 Å². The van der Waals surface area contributed by atoms with Crippen molar-refractivity contribution in [3.63, 3.8) is 0 Å². The van der Waals surface area contributed by atoms with Crippen LogP contribution in [0.4, 0.5) is 11.4 Å². The van der Waals surface area contributed by atoms with Crippen molar-refractivity contribution in [3.05, 3.63) is 62.1 Å². The second-order valence-electron chi connectivity index (χ2n) is 5.13. The van der Waals surface area contributed by atoms with Gasteiger partial charge in [-0.05, 0) is 42.8 Å². The topological polar surface area (TPSA) is 97.6 Å². The average molecular weight is 482 g/mol. The van der Waals surface area contributed by atoms with Gasteiger partial charge in [-0.25, -0.2) is 8.42 Å². The first-order valence-electron chi connectivity index (χ1n) is 6.99. The molecule has 0 aliphatic carbocycles. The highest BCUT2D eigenvalue weighted by Crippen LogP contribution is 2.35. The van der Waals surface area contributed by atoms with Crippen LogP contribution in [0.25, 0.3) is 0 Å². The predicted molar refractivity (Wildman–Crippen MR) is 102 cm³/mol. The number of nitrogens with zero attached hydrogens (tertiary/aromatic N) is 2. The fourth-order valence-corrected chi connectivity index (χ4v) is 4.82. The molecular weight excluding hydrogens is 471 g/mol. The Labute approximate surface area is 167 Å². The van der Waals surface area contributed by atoms with Crippen LogP contribution in [0.1, 0.15) is 6.92 Å². The number of nitro benzene ring substituents is 1. The number of non-ortho nitro benzene ring substituents is 1. The molecule has 0 aromatic heterocycles. The van der Waals surface area contributed by atoms with Gasteiger partial charge in [0, 0.05) is 16.6 Å². The Bertz CT molecular complexity index is 984. The Morgan fingerprint density at radius 2 is 1.92 bits per heavy atom. The van der Waals surface area contributed by atoms with Gasteiger partial charge in [-0.3, -0.25) is 19.2 Å². The number of halogens is 3. The standard InChI is InChI=1S/C15H11BrCl2N2O5S/c1-9(15(18)21)19(14-6-5-10(16)7-13(14)17)26(24,25)12-4-2-3-11(8-12)20(22)23/h2-9H,1H3. The van der Waals surface area contributed by atoms with E-state index < -0.39 is 31.9 Å². The van der Waals surface area contributed by atoms with Crippen LogP contribution in [-0.4, -0.2) is 24.6 Å². The maximum Gasteiger partial charge on any atom is 0.270 e. The van der Waals surface area contributed by atoms with Crippen molar-refractivity contribution in [2.24, 2.45) is 0 Å². The molecule has 138 valence electrons. The molecule has 2 aromatic carbocycles. The molecule has 0 aliphatic rings. The van der Waals surface area contributed by atoms with E-state index in [0.29, 0.717) is 4.47 Å². The van der Waals surface area contributed by atoms with Gasteiger partial charge in [-0.15, -0.1) is 0 Å². The zero-order chi connectivity index (χ0) is 19.6. The maximum absolute atomic E-state index is 13.1. The second-order valence-corrected chi connectivity index (χ2v) is 8.64. The monoisotopic (exact) mass is 480 g/mol. The Balaban J connectivity index is 2.70. The fraction of sp³-hybridized carbons (Fsp3) is 0.133. The third kappa shape index (κ3) is 4.17. The van der Waals surface area contributed by atoms with Crippen molar-refractivity contribution >= 4 is 65.8 Å². The highest BCUT2D eigenvalue weighted by molar-refractivity contribution is 9.10. The first-order valence-corrected chi connectivity index (χ1v) is 9.98. The molecular formula is C15H11BrCl2N2O5S. The van der Waals surface area contributed by atoms with E-state index >= 15 is 0 Å². The number of nitro groups is 1. The lowest BCUT2D eigenvalue weighted by Crippen LogP contribution is -2.42. The summed E-state index contributed by atoms with van der Waals surface area (Å²) in [5.41, 5.74) is -0.388. The number of hydrogen-bond donors (Lipinski definition) is 0. The predicted octanol–water partition coefficient (Wildman–Crippen LogP) is 4.36. The summed E-state index contributed by atoms with van der Waals surface area (Å²) in [6.07, 6.45) is 0. The van der Waals surface area contributed by atoms with Crippen LogP contribution in [0.3, 0.4) is 0 Å². The molecule has 0 saturated heterocycles. The number of hydrogen-bond acceptors (Lipinski definition) is 5. The highest BCUT2D eigenvalue weighted by atomic mass is 79.9. The molecule has 7 nitrogen and oxygen atoms in total. The van der Waals surface area contributed by atoms with E-state index in [4.69, 9.17) is 23.2 Å². The zero-order valence-electron chi connectivity index (χ0n) is 13.1. The molecule has 0 heterocycles. The summed E-state index contributed by atoms with van der Waals surface area (Å²) in [6, 6.07) is 7.60. The smallest absolute Gasteiger partial charge is 0.270 e. The highest BCUT2D eigenvalue weighted by Gasteiger charge is 2.34. The summed E-state index contributed by atoms with van der Waals surface area (Å²) in [7, 11) is -4.37. The molecule has 0 N–H and O–H groups in total. The molecule has 0 saturated carbocycles. The molecule has 0 bridgehead atoms. The summed E-state index contributed by atoms with van der Waals surface area (Å²) in [5.74, 6) is 0. The number of sulfonamides is 1. The van der Waals surface area contributed by atoms with Crippen LogP contribution < -0.4 is 4.31 Å². The molecule has 26 heavy (non-hydrogen) atoms. The summed E-state index contributed by atoms with van der Waals surface area (Å²) in [4.78, 5) is 21.6. The number of anilines is 1. The van der Waals surface area contributed by atoms with Crippen molar-refractivity contribution in [1.29, 1.82) is 0 Å². The van der Waals surface area contributed by atoms with E-state index in [9.17, 15) is 23.3 Å². The lowest BCUT2D eigenvalue weighted by atomic mass is 10.3. The SMILES string of the molecule is CC(C(=O)Cl)N(c1ccc(Br)cc1Cl)S(=O)(=O)c1cccc([N+](=O)[O-])c1. The Kier molecular flexibility index (Phi) is 6.28. The van der Waals surface area contributed by atoms with Gasteiger partial charge in [0.2, 0.25) is 5.24 Å². The summed E-state index contributed by atoms with van der Waals surface area (Å²) >= 11 is 14.9. The summed E-state index contributed by atoms with van der Waals surface area (Å²) in [5, 5.41) is 10.1. The molecule has 2 rings (SSSR count). The van der Waals surface area contributed by atoms with Crippen molar-refractivity contribution < 1.29 is 18.1 Å². The van der Waals surface area contributed by atoms with E-state index in [0.717, 1.165) is 16.4 Å². The minimum absolute atomic E-state index is 0.0165. The number of carbonyl (C=O) groups is 1. The number of rotatable bonds is 6. The average Bonchev–Trinajstić information content (AvgIpc) is 2.56. The van der Waals surface area contributed by atoms with Gasteiger partial charge in [0.25, 0.3) is 15.7 Å². The van der Waals surface area contributed by atoms with Crippen molar-refractivity contribution in [2.45, 2.75) is 17.9 Å². The quantitative estimate of drug-likeness (QED) is 0.346. The van der Waals surface area contributed by atoms with Gasteiger partial charge in [-0.2, -0.15) is 0 Å². The Morgan fingerprint density at radius 1 is 1.27 bits per heavy atom.